The zero-order chi connectivity index (χ0) is 18.3. The van der Waals surface area contributed by atoms with E-state index in [4.69, 9.17) is 4.74 Å². The molecule has 3 atom stereocenters. The van der Waals surface area contributed by atoms with Gasteiger partial charge in [-0.1, -0.05) is 23.9 Å². The number of halogens is 1. The molecule has 26 heavy (non-hydrogen) atoms. The Morgan fingerprint density at radius 2 is 2.08 bits per heavy atom. The Kier molecular flexibility index (Phi) is 4.79. The minimum atomic E-state index is -3.09. The third kappa shape index (κ3) is 3.65. The standard InChI is InChI=1S/C17H19FN2O4S2/c18-12-5-3-11(4-6-12)8-20-13-9-26(22,23)10-15(13)25-17(20)19-16(21)14-2-1-7-24-14/h3-6,13-15H,1-2,7-10H2/t13-,14-,15-/m0/s1. The molecule has 4 rings (SSSR count). The highest BCUT2D eigenvalue weighted by atomic mass is 32.2. The third-order valence-corrected chi connectivity index (χ3v) is 8.10. The Hall–Kier alpha value is -1.45. The molecule has 3 aliphatic rings. The van der Waals surface area contributed by atoms with Crippen molar-refractivity contribution in [2.75, 3.05) is 18.1 Å². The van der Waals surface area contributed by atoms with Gasteiger partial charge in [0.05, 0.1) is 17.5 Å². The second-order valence-corrected chi connectivity index (χ2v) is 10.1. The highest BCUT2D eigenvalue weighted by Crippen LogP contribution is 2.39. The maximum atomic E-state index is 13.2. The molecular weight excluding hydrogens is 379 g/mol. The number of amides is 1. The minimum absolute atomic E-state index is 0.0546. The SMILES string of the molecule is O=C(N=C1S[C@H]2CS(=O)(=O)C[C@@H]2N1Cc1ccc(F)cc1)[C@@H]1CCCO1. The number of rotatable bonds is 3. The van der Waals surface area contributed by atoms with Crippen molar-refractivity contribution >= 4 is 32.7 Å². The van der Waals surface area contributed by atoms with Gasteiger partial charge in [-0.25, -0.2) is 12.8 Å². The first-order valence-corrected chi connectivity index (χ1v) is 11.2. The lowest BCUT2D eigenvalue weighted by Gasteiger charge is -2.24. The summed E-state index contributed by atoms with van der Waals surface area (Å²) in [6.45, 7) is 0.957. The number of hydrogen-bond donors (Lipinski definition) is 0. The molecule has 0 aromatic heterocycles. The van der Waals surface area contributed by atoms with Gasteiger partial charge in [-0.15, -0.1) is 0 Å². The number of ether oxygens (including phenoxy) is 1. The molecular formula is C17H19FN2O4S2. The van der Waals surface area contributed by atoms with Crippen LogP contribution in [0.3, 0.4) is 0 Å². The van der Waals surface area contributed by atoms with Crippen LogP contribution in [0.5, 0.6) is 0 Å². The van der Waals surface area contributed by atoms with Gasteiger partial charge >= 0.3 is 0 Å². The number of amidine groups is 1. The average molecular weight is 398 g/mol. The molecule has 0 N–H and O–H groups in total. The molecule has 0 bridgehead atoms. The summed E-state index contributed by atoms with van der Waals surface area (Å²) in [5, 5.41) is 0.413. The van der Waals surface area contributed by atoms with Crippen molar-refractivity contribution in [1.82, 2.24) is 4.90 Å². The van der Waals surface area contributed by atoms with Gasteiger partial charge in [0.15, 0.2) is 15.0 Å². The van der Waals surface area contributed by atoms with Gasteiger partial charge in [-0.05, 0) is 30.5 Å². The maximum absolute atomic E-state index is 13.2. The van der Waals surface area contributed by atoms with Crippen LogP contribution in [0, 0.1) is 5.82 Å². The van der Waals surface area contributed by atoms with E-state index in [9.17, 15) is 17.6 Å². The van der Waals surface area contributed by atoms with E-state index < -0.39 is 15.9 Å². The topological polar surface area (TPSA) is 76.0 Å². The average Bonchev–Trinajstić information content (AvgIpc) is 3.27. The van der Waals surface area contributed by atoms with Crippen molar-refractivity contribution in [3.63, 3.8) is 0 Å². The first kappa shape index (κ1) is 17.9. The normalized spacial score (nSPS) is 31.5. The number of thioether (sulfide) groups is 1. The monoisotopic (exact) mass is 398 g/mol. The molecule has 0 saturated carbocycles. The minimum Gasteiger partial charge on any atom is -0.368 e. The van der Waals surface area contributed by atoms with Crippen molar-refractivity contribution in [3.05, 3.63) is 35.6 Å². The van der Waals surface area contributed by atoms with Crippen LogP contribution in [0.25, 0.3) is 0 Å². The van der Waals surface area contributed by atoms with Crippen LogP contribution in [-0.2, 0) is 25.9 Å². The van der Waals surface area contributed by atoms with E-state index in [1.54, 1.807) is 12.1 Å². The Bertz CT molecular complexity index is 835. The largest absolute Gasteiger partial charge is 0.368 e. The Morgan fingerprint density at radius 1 is 1.31 bits per heavy atom. The second-order valence-electron chi connectivity index (χ2n) is 6.79. The number of fused-ring (bicyclic) bond motifs is 1. The van der Waals surface area contributed by atoms with Crippen molar-refractivity contribution in [2.45, 2.75) is 36.8 Å². The number of carbonyl (C=O) groups is 1. The van der Waals surface area contributed by atoms with Crippen molar-refractivity contribution in [2.24, 2.45) is 4.99 Å². The van der Waals surface area contributed by atoms with E-state index >= 15 is 0 Å². The fraction of sp³-hybridized carbons (Fsp3) is 0.529. The van der Waals surface area contributed by atoms with E-state index in [1.165, 1.54) is 23.9 Å². The van der Waals surface area contributed by atoms with E-state index in [0.29, 0.717) is 24.7 Å². The Morgan fingerprint density at radius 3 is 2.77 bits per heavy atom. The van der Waals surface area contributed by atoms with Crippen molar-refractivity contribution in [3.8, 4) is 0 Å². The zero-order valence-electron chi connectivity index (χ0n) is 14.0. The van der Waals surface area contributed by atoms with E-state index in [2.05, 4.69) is 4.99 Å². The first-order chi connectivity index (χ1) is 12.4. The Labute approximate surface area is 155 Å². The van der Waals surface area contributed by atoms with Crippen LogP contribution >= 0.6 is 11.8 Å². The summed E-state index contributed by atoms with van der Waals surface area (Å²) in [7, 11) is -3.09. The maximum Gasteiger partial charge on any atom is 0.277 e. The molecule has 1 aromatic carbocycles. The quantitative estimate of drug-likeness (QED) is 0.770. The molecule has 3 aliphatic heterocycles. The van der Waals surface area contributed by atoms with Crippen LogP contribution in [0.2, 0.25) is 0 Å². The summed E-state index contributed by atoms with van der Waals surface area (Å²) in [4.78, 5) is 18.5. The van der Waals surface area contributed by atoms with Gasteiger partial charge in [0, 0.05) is 18.4 Å². The molecule has 3 saturated heterocycles. The molecule has 0 radical (unpaired) electrons. The number of sulfone groups is 1. The fourth-order valence-electron chi connectivity index (χ4n) is 3.55. The van der Waals surface area contributed by atoms with E-state index in [1.807, 2.05) is 4.90 Å². The van der Waals surface area contributed by atoms with E-state index in [0.717, 1.165) is 12.0 Å². The lowest BCUT2D eigenvalue weighted by molar-refractivity contribution is -0.126. The highest BCUT2D eigenvalue weighted by Gasteiger charge is 2.48. The summed E-state index contributed by atoms with van der Waals surface area (Å²) in [6.07, 6.45) is 1.01. The van der Waals surface area contributed by atoms with Gasteiger partial charge < -0.3 is 9.64 Å². The Balaban J connectivity index is 1.59. The predicted octanol–water partition coefficient (Wildman–Crippen LogP) is 1.60. The fourth-order valence-corrected chi connectivity index (χ4v) is 7.50. The summed E-state index contributed by atoms with van der Waals surface area (Å²) >= 11 is 1.35. The molecule has 3 fully saturated rings. The number of benzene rings is 1. The molecule has 3 heterocycles. The number of carbonyl (C=O) groups excluding carboxylic acids is 1. The third-order valence-electron chi connectivity index (χ3n) is 4.85. The van der Waals surface area contributed by atoms with Crippen molar-refractivity contribution < 1.29 is 22.3 Å². The molecule has 9 heteroatoms. The predicted molar refractivity (Wildman–Crippen MR) is 97.2 cm³/mol. The summed E-state index contributed by atoms with van der Waals surface area (Å²) in [5.74, 6) is -0.487. The van der Waals surface area contributed by atoms with Crippen LogP contribution in [0.4, 0.5) is 4.39 Å². The number of hydrogen-bond acceptors (Lipinski definition) is 5. The summed E-state index contributed by atoms with van der Waals surface area (Å²) in [6, 6.07) is 5.85. The second kappa shape index (κ2) is 6.94. The molecule has 6 nitrogen and oxygen atoms in total. The molecule has 1 amide bonds. The van der Waals surface area contributed by atoms with Crippen LogP contribution < -0.4 is 0 Å². The van der Waals surface area contributed by atoms with E-state index in [-0.39, 0.29) is 34.5 Å². The zero-order valence-corrected chi connectivity index (χ0v) is 15.6. The molecule has 140 valence electrons. The van der Waals surface area contributed by atoms with Gasteiger partial charge in [-0.2, -0.15) is 4.99 Å². The van der Waals surface area contributed by atoms with Gasteiger partial charge in [-0.3, -0.25) is 4.79 Å². The molecule has 0 unspecified atom stereocenters. The van der Waals surface area contributed by atoms with Gasteiger partial charge in [0.1, 0.15) is 11.9 Å². The van der Waals surface area contributed by atoms with Crippen LogP contribution in [0.15, 0.2) is 29.3 Å². The highest BCUT2D eigenvalue weighted by molar-refractivity contribution is 8.15. The number of aliphatic imine (C=N–C) groups is 1. The van der Waals surface area contributed by atoms with Crippen LogP contribution in [-0.4, -0.2) is 59.9 Å². The molecule has 0 aliphatic carbocycles. The smallest absolute Gasteiger partial charge is 0.277 e. The van der Waals surface area contributed by atoms with Crippen molar-refractivity contribution in [1.29, 1.82) is 0 Å². The van der Waals surface area contributed by atoms with Gasteiger partial charge in [0.2, 0.25) is 0 Å². The molecule has 1 aromatic rings. The summed E-state index contributed by atoms with van der Waals surface area (Å²) < 4.78 is 42.6. The number of nitrogens with zero attached hydrogens (tertiary/aromatic N) is 2. The lowest BCUT2D eigenvalue weighted by atomic mass is 10.1. The lowest BCUT2D eigenvalue weighted by Crippen LogP contribution is -2.37. The first-order valence-electron chi connectivity index (χ1n) is 8.53. The summed E-state index contributed by atoms with van der Waals surface area (Å²) in [5.41, 5.74) is 0.842. The van der Waals surface area contributed by atoms with Crippen LogP contribution in [0.1, 0.15) is 18.4 Å². The van der Waals surface area contributed by atoms with Gasteiger partial charge in [0.25, 0.3) is 5.91 Å². The molecule has 0 spiro atoms.